The zero-order valence-electron chi connectivity index (χ0n) is 17.6. The third-order valence-electron chi connectivity index (χ3n) is 6.80. The number of hydrazine groups is 1. The fourth-order valence-corrected chi connectivity index (χ4v) is 6.25. The number of hydrogen-bond acceptors (Lipinski definition) is 4. The minimum absolute atomic E-state index is 0.00690. The monoisotopic (exact) mass is 400 g/mol. The van der Waals surface area contributed by atoms with Crippen molar-refractivity contribution in [3.8, 4) is 11.5 Å². The van der Waals surface area contributed by atoms with Gasteiger partial charge in [0.05, 0.1) is 13.2 Å². The molecule has 4 fully saturated rings. The maximum atomic E-state index is 12.6. The highest BCUT2D eigenvalue weighted by Gasteiger charge is 2.51. The molecular weight excluding hydrogens is 368 g/mol. The van der Waals surface area contributed by atoms with E-state index in [-0.39, 0.29) is 23.3 Å². The molecule has 0 saturated heterocycles. The normalized spacial score (nSPS) is 29.6. The van der Waals surface area contributed by atoms with Crippen LogP contribution in [0.25, 0.3) is 0 Å². The second kappa shape index (κ2) is 7.88. The van der Waals surface area contributed by atoms with E-state index in [1.807, 2.05) is 13.8 Å². The summed E-state index contributed by atoms with van der Waals surface area (Å²) in [5, 5.41) is 0. The molecule has 0 atom stereocenters. The van der Waals surface area contributed by atoms with Crippen molar-refractivity contribution in [2.45, 2.75) is 64.9 Å². The molecule has 4 saturated carbocycles. The van der Waals surface area contributed by atoms with Crippen molar-refractivity contribution < 1.29 is 19.1 Å². The van der Waals surface area contributed by atoms with Gasteiger partial charge >= 0.3 is 0 Å². The average molecular weight is 401 g/mol. The van der Waals surface area contributed by atoms with Crippen molar-refractivity contribution in [1.82, 2.24) is 10.9 Å². The number of amides is 2. The molecule has 2 amide bonds. The molecule has 1 aromatic rings. The van der Waals surface area contributed by atoms with Gasteiger partial charge in [-0.25, -0.2) is 0 Å². The molecular formula is C23H32N2O4. The molecule has 0 heterocycles. The maximum absolute atomic E-state index is 12.6. The molecule has 4 aliphatic carbocycles. The summed E-state index contributed by atoms with van der Waals surface area (Å²) in [5.74, 6) is 3.05. The van der Waals surface area contributed by atoms with Gasteiger partial charge in [0.1, 0.15) is 0 Å². The van der Waals surface area contributed by atoms with E-state index in [0.29, 0.717) is 23.5 Å². The summed E-state index contributed by atoms with van der Waals surface area (Å²) in [4.78, 5) is 25.1. The van der Waals surface area contributed by atoms with Gasteiger partial charge in [-0.2, -0.15) is 0 Å². The lowest BCUT2D eigenvalue weighted by Crippen LogP contribution is -2.50. The summed E-state index contributed by atoms with van der Waals surface area (Å²) in [6.45, 7) is 3.86. The number of ether oxygens (including phenoxy) is 2. The molecule has 6 heteroatoms. The van der Waals surface area contributed by atoms with Gasteiger partial charge in [0.25, 0.3) is 5.91 Å². The van der Waals surface area contributed by atoms with Gasteiger partial charge in [-0.1, -0.05) is 0 Å². The molecule has 0 spiro atoms. The largest absolute Gasteiger partial charge is 0.493 e. The molecule has 158 valence electrons. The number of hydrogen-bond donors (Lipinski definition) is 2. The molecule has 29 heavy (non-hydrogen) atoms. The van der Waals surface area contributed by atoms with Gasteiger partial charge < -0.3 is 9.47 Å². The highest BCUT2D eigenvalue weighted by atomic mass is 16.5. The summed E-state index contributed by atoms with van der Waals surface area (Å²) in [6, 6.07) is 5.00. The Morgan fingerprint density at radius 1 is 1.03 bits per heavy atom. The lowest BCUT2D eigenvalue weighted by Gasteiger charge is -2.56. The molecule has 0 aliphatic heterocycles. The summed E-state index contributed by atoms with van der Waals surface area (Å²) in [6.07, 6.45) is 8.12. The van der Waals surface area contributed by atoms with E-state index in [2.05, 4.69) is 10.9 Å². The van der Waals surface area contributed by atoms with Crippen LogP contribution in [0.5, 0.6) is 11.5 Å². The zero-order valence-corrected chi connectivity index (χ0v) is 17.6. The minimum atomic E-state index is -0.363. The van der Waals surface area contributed by atoms with Gasteiger partial charge in [0.15, 0.2) is 11.5 Å². The summed E-state index contributed by atoms with van der Waals surface area (Å²) >= 11 is 0. The Labute approximate surface area is 172 Å². The molecule has 6 nitrogen and oxygen atoms in total. The quantitative estimate of drug-likeness (QED) is 0.711. The van der Waals surface area contributed by atoms with E-state index in [1.165, 1.54) is 45.6 Å². The van der Waals surface area contributed by atoms with E-state index in [0.717, 1.165) is 17.8 Å². The Morgan fingerprint density at radius 3 is 2.21 bits per heavy atom. The molecule has 0 aromatic heterocycles. The maximum Gasteiger partial charge on any atom is 0.269 e. The summed E-state index contributed by atoms with van der Waals surface area (Å²) < 4.78 is 11.0. The molecule has 0 radical (unpaired) electrons. The van der Waals surface area contributed by atoms with Gasteiger partial charge in [-0.15, -0.1) is 0 Å². The fraction of sp³-hybridized carbons (Fsp3) is 0.652. The minimum Gasteiger partial charge on any atom is -0.493 e. The van der Waals surface area contributed by atoms with Gasteiger partial charge in [0.2, 0.25) is 5.91 Å². The van der Waals surface area contributed by atoms with E-state index < -0.39 is 0 Å². The fourth-order valence-electron chi connectivity index (χ4n) is 6.25. The van der Waals surface area contributed by atoms with Crippen LogP contribution in [0.4, 0.5) is 0 Å². The molecule has 0 unspecified atom stereocenters. The third kappa shape index (κ3) is 4.36. The molecule has 4 bridgehead atoms. The van der Waals surface area contributed by atoms with Gasteiger partial charge in [-0.3, -0.25) is 20.4 Å². The average Bonchev–Trinajstić information content (AvgIpc) is 2.64. The number of nitrogens with one attached hydrogen (secondary N) is 2. The second-order valence-corrected chi connectivity index (χ2v) is 9.63. The third-order valence-corrected chi connectivity index (χ3v) is 6.80. The standard InChI is InChI=1S/C23H32N2O4/c1-14(2)29-19-5-4-18(9-20(19)28-3)22(27)25-24-21(26)13-23-10-15-6-16(11-23)8-17(7-15)12-23/h4-5,9,14-17H,6-8,10-13H2,1-3H3,(H,24,26)(H,25,27). The van der Waals surface area contributed by atoms with Crippen molar-refractivity contribution in [3.63, 3.8) is 0 Å². The smallest absolute Gasteiger partial charge is 0.269 e. The van der Waals surface area contributed by atoms with Gasteiger partial charge in [-0.05, 0) is 93.7 Å². The lowest BCUT2D eigenvalue weighted by atomic mass is 9.49. The highest BCUT2D eigenvalue weighted by molar-refractivity contribution is 5.96. The van der Waals surface area contributed by atoms with E-state index >= 15 is 0 Å². The van der Waals surface area contributed by atoms with Crippen molar-refractivity contribution in [2.24, 2.45) is 23.2 Å². The molecule has 5 rings (SSSR count). The Morgan fingerprint density at radius 2 is 1.66 bits per heavy atom. The Hall–Kier alpha value is -2.24. The van der Waals surface area contributed by atoms with Crippen molar-refractivity contribution in [2.75, 3.05) is 7.11 Å². The predicted molar refractivity (Wildman–Crippen MR) is 110 cm³/mol. The number of benzene rings is 1. The number of methoxy groups -OCH3 is 1. The lowest BCUT2D eigenvalue weighted by molar-refractivity contribution is -0.130. The van der Waals surface area contributed by atoms with Crippen LogP contribution < -0.4 is 20.3 Å². The Balaban J connectivity index is 1.33. The first-order chi connectivity index (χ1) is 13.9. The van der Waals surface area contributed by atoms with E-state index in [4.69, 9.17) is 9.47 Å². The van der Waals surface area contributed by atoms with E-state index in [1.54, 1.807) is 18.2 Å². The highest BCUT2D eigenvalue weighted by Crippen LogP contribution is 2.61. The first-order valence-electron chi connectivity index (χ1n) is 10.8. The van der Waals surface area contributed by atoms with Crippen LogP contribution >= 0.6 is 0 Å². The number of rotatable bonds is 6. The predicted octanol–water partition coefficient (Wildman–Crippen LogP) is 3.85. The van der Waals surface area contributed by atoms with Crippen LogP contribution in [0, 0.1) is 23.2 Å². The van der Waals surface area contributed by atoms with Crippen LogP contribution in [0.1, 0.15) is 69.2 Å². The van der Waals surface area contributed by atoms with Crippen molar-refractivity contribution in [3.05, 3.63) is 23.8 Å². The number of carbonyl (C=O) groups is 2. The topological polar surface area (TPSA) is 76.7 Å². The first kappa shape index (κ1) is 20.0. The van der Waals surface area contributed by atoms with E-state index in [9.17, 15) is 9.59 Å². The van der Waals surface area contributed by atoms with Crippen LogP contribution in [0.3, 0.4) is 0 Å². The van der Waals surface area contributed by atoms with Crippen molar-refractivity contribution >= 4 is 11.8 Å². The second-order valence-electron chi connectivity index (χ2n) is 9.63. The zero-order chi connectivity index (χ0) is 20.6. The Bertz CT molecular complexity index is 754. The number of carbonyl (C=O) groups excluding carboxylic acids is 2. The van der Waals surface area contributed by atoms with Crippen LogP contribution in [-0.4, -0.2) is 25.0 Å². The SMILES string of the molecule is COc1cc(C(=O)NNC(=O)CC23CC4CC(CC(C4)C2)C3)ccc1OC(C)C. The van der Waals surface area contributed by atoms with Crippen LogP contribution in [0.15, 0.2) is 18.2 Å². The van der Waals surface area contributed by atoms with Crippen LogP contribution in [-0.2, 0) is 4.79 Å². The molecule has 2 N–H and O–H groups in total. The van der Waals surface area contributed by atoms with Crippen LogP contribution in [0.2, 0.25) is 0 Å². The molecule has 4 aliphatic rings. The Kier molecular flexibility index (Phi) is 5.45. The summed E-state index contributed by atoms with van der Waals surface area (Å²) in [5.41, 5.74) is 5.75. The van der Waals surface area contributed by atoms with Gasteiger partial charge in [0, 0.05) is 12.0 Å². The molecule has 1 aromatic carbocycles. The summed E-state index contributed by atoms with van der Waals surface area (Å²) in [7, 11) is 1.54. The first-order valence-corrected chi connectivity index (χ1v) is 10.8. The van der Waals surface area contributed by atoms with Crippen molar-refractivity contribution in [1.29, 1.82) is 0 Å².